The van der Waals surface area contributed by atoms with Crippen LogP contribution in [-0.4, -0.2) is 22.6 Å². The first-order valence-electron chi connectivity index (χ1n) is 8.94. The van der Waals surface area contributed by atoms with Crippen LogP contribution in [0.4, 0.5) is 5.69 Å². The predicted molar refractivity (Wildman–Crippen MR) is 108 cm³/mol. The van der Waals surface area contributed by atoms with Gasteiger partial charge in [0.05, 0.1) is 24.9 Å². The summed E-state index contributed by atoms with van der Waals surface area (Å²) in [5.74, 6) is 0.679. The van der Waals surface area contributed by atoms with Crippen molar-refractivity contribution < 1.29 is 9.53 Å². The second-order valence-corrected chi connectivity index (χ2v) is 6.73. The fourth-order valence-corrected chi connectivity index (χ4v) is 3.39. The molecule has 0 fully saturated rings. The number of hydrogen-bond acceptors (Lipinski definition) is 3. The van der Waals surface area contributed by atoms with Gasteiger partial charge in [-0.2, -0.15) is 0 Å². The molecule has 0 saturated carbocycles. The van der Waals surface area contributed by atoms with Gasteiger partial charge in [-0.05, 0) is 57.5 Å². The molecular formula is C22H25N3O2. The van der Waals surface area contributed by atoms with Crippen LogP contribution in [-0.2, 0) is 6.54 Å². The van der Waals surface area contributed by atoms with E-state index in [9.17, 15) is 4.79 Å². The number of carbonyl (C=O) groups excluding carboxylic acids is 1. The normalized spacial score (nSPS) is 10.7. The van der Waals surface area contributed by atoms with Gasteiger partial charge in [0.25, 0.3) is 5.91 Å². The van der Waals surface area contributed by atoms with Crippen molar-refractivity contribution in [1.29, 1.82) is 0 Å². The summed E-state index contributed by atoms with van der Waals surface area (Å²) in [6.07, 6.45) is 1.78. The van der Waals surface area contributed by atoms with Gasteiger partial charge in [-0.25, -0.2) is 0 Å². The summed E-state index contributed by atoms with van der Waals surface area (Å²) in [6, 6.07) is 11.6. The topological polar surface area (TPSA) is 56.1 Å². The quantitative estimate of drug-likeness (QED) is 0.730. The molecule has 0 aliphatic carbocycles. The van der Waals surface area contributed by atoms with Crippen LogP contribution in [0.2, 0.25) is 0 Å². The summed E-state index contributed by atoms with van der Waals surface area (Å²) in [6.45, 7) is 8.55. The van der Waals surface area contributed by atoms with Gasteiger partial charge in [0.2, 0.25) is 0 Å². The second-order valence-electron chi connectivity index (χ2n) is 6.73. The molecular weight excluding hydrogens is 338 g/mol. The molecule has 0 unspecified atom stereocenters. The van der Waals surface area contributed by atoms with Crippen molar-refractivity contribution in [3.05, 3.63) is 76.4 Å². The molecule has 27 heavy (non-hydrogen) atoms. The molecule has 0 aliphatic heterocycles. The highest BCUT2D eigenvalue weighted by Crippen LogP contribution is 2.30. The molecule has 5 nitrogen and oxygen atoms in total. The van der Waals surface area contributed by atoms with Crippen molar-refractivity contribution in [1.82, 2.24) is 9.55 Å². The summed E-state index contributed by atoms with van der Waals surface area (Å²) in [4.78, 5) is 17.3. The predicted octanol–water partition coefficient (Wildman–Crippen LogP) is 4.43. The highest BCUT2D eigenvalue weighted by Gasteiger charge is 2.18. The third-order valence-electron chi connectivity index (χ3n) is 4.92. The molecule has 0 spiro atoms. The average molecular weight is 363 g/mol. The lowest BCUT2D eigenvalue weighted by atomic mass is 10.1. The minimum atomic E-state index is -0.121. The van der Waals surface area contributed by atoms with E-state index in [0.29, 0.717) is 12.1 Å². The molecule has 0 aliphatic rings. The Labute approximate surface area is 160 Å². The van der Waals surface area contributed by atoms with Gasteiger partial charge in [0, 0.05) is 28.8 Å². The third kappa shape index (κ3) is 3.72. The Bertz CT molecular complexity index is 975. The van der Waals surface area contributed by atoms with Crippen LogP contribution in [0.15, 0.2) is 42.6 Å². The number of aryl methyl sites for hydroxylation is 2. The molecule has 1 N–H and O–H groups in total. The average Bonchev–Trinajstić information content (AvgIpc) is 2.94. The standard InChI is InChI=1S/C22H25N3O2/c1-14-9-10-20(16(3)21(14)27-5)24-22(26)19-12-15(2)25(17(19)4)13-18-8-6-7-11-23-18/h6-12H,13H2,1-5H3,(H,24,26). The SMILES string of the molecule is COc1c(C)ccc(NC(=O)c2cc(C)n(Cc3ccccn3)c2C)c1C. The Morgan fingerprint density at radius 2 is 1.93 bits per heavy atom. The first-order chi connectivity index (χ1) is 12.9. The number of aromatic nitrogens is 2. The lowest BCUT2D eigenvalue weighted by Gasteiger charge is -2.14. The van der Waals surface area contributed by atoms with Gasteiger partial charge in [-0.3, -0.25) is 9.78 Å². The van der Waals surface area contributed by atoms with Crippen LogP contribution in [0.3, 0.4) is 0 Å². The number of benzene rings is 1. The summed E-state index contributed by atoms with van der Waals surface area (Å²) in [7, 11) is 1.65. The lowest BCUT2D eigenvalue weighted by molar-refractivity contribution is 0.102. The van der Waals surface area contributed by atoms with Crippen molar-refractivity contribution in [3.8, 4) is 5.75 Å². The Kier molecular flexibility index (Phi) is 5.31. The van der Waals surface area contributed by atoms with E-state index in [4.69, 9.17) is 4.74 Å². The minimum Gasteiger partial charge on any atom is -0.496 e. The number of ether oxygens (including phenoxy) is 1. The van der Waals surface area contributed by atoms with Gasteiger partial charge in [-0.1, -0.05) is 12.1 Å². The maximum atomic E-state index is 12.9. The van der Waals surface area contributed by atoms with Crippen LogP contribution in [0.1, 0.15) is 38.6 Å². The van der Waals surface area contributed by atoms with E-state index in [0.717, 1.165) is 39.6 Å². The number of amides is 1. The zero-order chi connectivity index (χ0) is 19.6. The van der Waals surface area contributed by atoms with Crippen molar-refractivity contribution in [2.45, 2.75) is 34.2 Å². The van der Waals surface area contributed by atoms with E-state index in [1.165, 1.54) is 0 Å². The Hall–Kier alpha value is -3.08. The number of rotatable bonds is 5. The second kappa shape index (κ2) is 7.66. The molecule has 2 aromatic heterocycles. The zero-order valence-electron chi connectivity index (χ0n) is 16.5. The maximum absolute atomic E-state index is 12.9. The zero-order valence-corrected chi connectivity index (χ0v) is 16.5. The van der Waals surface area contributed by atoms with Crippen LogP contribution in [0.5, 0.6) is 5.75 Å². The van der Waals surface area contributed by atoms with Crippen LogP contribution in [0, 0.1) is 27.7 Å². The fraction of sp³-hybridized carbons (Fsp3) is 0.273. The van der Waals surface area contributed by atoms with Crippen LogP contribution in [0.25, 0.3) is 0 Å². The summed E-state index contributed by atoms with van der Waals surface area (Å²) in [5.41, 5.74) is 6.31. The third-order valence-corrected chi connectivity index (χ3v) is 4.92. The number of methoxy groups -OCH3 is 1. The van der Waals surface area contributed by atoms with Gasteiger partial charge in [0.1, 0.15) is 5.75 Å². The van der Waals surface area contributed by atoms with Gasteiger partial charge in [0.15, 0.2) is 0 Å². The summed E-state index contributed by atoms with van der Waals surface area (Å²) < 4.78 is 7.57. The van der Waals surface area contributed by atoms with Crippen molar-refractivity contribution >= 4 is 11.6 Å². The highest BCUT2D eigenvalue weighted by molar-refractivity contribution is 6.05. The maximum Gasteiger partial charge on any atom is 0.257 e. The molecule has 5 heteroatoms. The van der Waals surface area contributed by atoms with Crippen molar-refractivity contribution in [3.63, 3.8) is 0 Å². The molecule has 0 radical (unpaired) electrons. The molecule has 140 valence electrons. The van der Waals surface area contributed by atoms with Gasteiger partial charge < -0.3 is 14.6 Å². The number of anilines is 1. The smallest absolute Gasteiger partial charge is 0.257 e. The van der Waals surface area contributed by atoms with E-state index in [2.05, 4.69) is 14.9 Å². The van der Waals surface area contributed by atoms with E-state index in [-0.39, 0.29) is 5.91 Å². The molecule has 0 saturated heterocycles. The van der Waals surface area contributed by atoms with Crippen LogP contribution < -0.4 is 10.1 Å². The number of carbonyl (C=O) groups is 1. The van der Waals surface area contributed by atoms with Gasteiger partial charge >= 0.3 is 0 Å². The van der Waals surface area contributed by atoms with E-state index in [1.54, 1.807) is 13.3 Å². The molecule has 1 amide bonds. The molecule has 0 bridgehead atoms. The molecule has 2 heterocycles. The number of nitrogens with one attached hydrogen (secondary N) is 1. The van der Waals surface area contributed by atoms with E-state index in [1.807, 2.05) is 64.1 Å². The molecule has 3 rings (SSSR count). The number of hydrogen-bond donors (Lipinski definition) is 1. The lowest BCUT2D eigenvalue weighted by Crippen LogP contribution is -2.15. The molecule has 3 aromatic rings. The van der Waals surface area contributed by atoms with E-state index >= 15 is 0 Å². The Morgan fingerprint density at radius 3 is 2.59 bits per heavy atom. The summed E-state index contributed by atoms with van der Waals surface area (Å²) >= 11 is 0. The Morgan fingerprint density at radius 1 is 1.15 bits per heavy atom. The van der Waals surface area contributed by atoms with Crippen molar-refractivity contribution in [2.24, 2.45) is 0 Å². The van der Waals surface area contributed by atoms with Crippen molar-refractivity contribution in [2.75, 3.05) is 12.4 Å². The van der Waals surface area contributed by atoms with Crippen LogP contribution >= 0.6 is 0 Å². The number of pyridine rings is 1. The van der Waals surface area contributed by atoms with Gasteiger partial charge in [-0.15, -0.1) is 0 Å². The summed E-state index contributed by atoms with van der Waals surface area (Å²) in [5, 5.41) is 3.03. The monoisotopic (exact) mass is 363 g/mol. The largest absolute Gasteiger partial charge is 0.496 e. The first kappa shape index (κ1) is 18.7. The Balaban J connectivity index is 1.87. The molecule has 1 aromatic carbocycles. The first-order valence-corrected chi connectivity index (χ1v) is 8.94. The number of nitrogens with zero attached hydrogens (tertiary/aromatic N) is 2. The van der Waals surface area contributed by atoms with E-state index < -0.39 is 0 Å². The minimum absolute atomic E-state index is 0.121. The molecule has 0 atom stereocenters. The fourth-order valence-electron chi connectivity index (χ4n) is 3.39. The highest BCUT2D eigenvalue weighted by atomic mass is 16.5.